The summed E-state index contributed by atoms with van der Waals surface area (Å²) in [6.45, 7) is 3.99. The number of anilines is 2. The van der Waals surface area contributed by atoms with Gasteiger partial charge in [0.25, 0.3) is 5.91 Å². The summed E-state index contributed by atoms with van der Waals surface area (Å²) < 4.78 is 0. The molecule has 1 aliphatic rings. The Hall–Kier alpha value is -2.05. The summed E-state index contributed by atoms with van der Waals surface area (Å²) >= 11 is 1.48. The summed E-state index contributed by atoms with van der Waals surface area (Å²) in [4.78, 5) is 21.6. The van der Waals surface area contributed by atoms with Gasteiger partial charge in [-0.2, -0.15) is 0 Å². The Labute approximate surface area is 147 Å². The van der Waals surface area contributed by atoms with Gasteiger partial charge in [-0.15, -0.1) is 11.8 Å². The van der Waals surface area contributed by atoms with Gasteiger partial charge in [-0.25, -0.2) is 4.98 Å². The molecule has 1 aromatic heterocycles. The fraction of sp³-hybridized carbons (Fsp3) is 0.333. The molecule has 6 heteroatoms. The lowest BCUT2D eigenvalue weighted by atomic mass is 10.2. The average molecular weight is 342 g/mol. The summed E-state index contributed by atoms with van der Waals surface area (Å²) in [6, 6.07) is 11.6. The summed E-state index contributed by atoms with van der Waals surface area (Å²) in [5.41, 5.74) is 2.54. The molecule has 2 aromatic rings. The molecule has 0 saturated carbocycles. The fourth-order valence-corrected chi connectivity index (χ4v) is 3.37. The van der Waals surface area contributed by atoms with Gasteiger partial charge in [-0.05, 0) is 37.6 Å². The Morgan fingerprint density at radius 3 is 2.62 bits per heavy atom. The second-order valence-electron chi connectivity index (χ2n) is 5.82. The first-order valence-electron chi connectivity index (χ1n) is 8.02. The van der Waals surface area contributed by atoms with Crippen molar-refractivity contribution < 1.29 is 4.79 Å². The van der Waals surface area contributed by atoms with Crippen LogP contribution in [0, 0.1) is 0 Å². The third-order valence-corrected chi connectivity index (χ3v) is 4.92. The maximum Gasteiger partial charge on any atom is 0.258 e. The predicted octanol–water partition coefficient (Wildman–Crippen LogP) is 2.81. The van der Waals surface area contributed by atoms with Crippen molar-refractivity contribution in [3.63, 3.8) is 0 Å². The van der Waals surface area contributed by atoms with Gasteiger partial charge < -0.3 is 15.1 Å². The number of pyridine rings is 1. The molecule has 2 heterocycles. The van der Waals surface area contributed by atoms with Crippen LogP contribution in [0.1, 0.15) is 10.4 Å². The van der Waals surface area contributed by atoms with E-state index >= 15 is 0 Å². The van der Waals surface area contributed by atoms with Crippen molar-refractivity contribution >= 4 is 29.0 Å². The van der Waals surface area contributed by atoms with Crippen molar-refractivity contribution in [1.82, 2.24) is 9.88 Å². The third-order valence-electron chi connectivity index (χ3n) is 4.21. The van der Waals surface area contributed by atoms with E-state index < -0.39 is 0 Å². The molecule has 0 spiro atoms. The summed E-state index contributed by atoms with van der Waals surface area (Å²) in [7, 11) is 2.14. The van der Waals surface area contributed by atoms with E-state index in [1.807, 2.05) is 30.5 Å². The molecule has 0 atom stereocenters. The molecular weight excluding hydrogens is 320 g/mol. The molecule has 1 N–H and O–H groups in total. The van der Waals surface area contributed by atoms with Crippen LogP contribution in [0.25, 0.3) is 0 Å². The number of benzene rings is 1. The van der Waals surface area contributed by atoms with Crippen molar-refractivity contribution in [1.29, 1.82) is 0 Å². The minimum atomic E-state index is -0.117. The van der Waals surface area contributed by atoms with E-state index in [1.165, 1.54) is 11.8 Å². The Kier molecular flexibility index (Phi) is 5.37. The van der Waals surface area contributed by atoms with Gasteiger partial charge in [0.15, 0.2) is 0 Å². The van der Waals surface area contributed by atoms with Crippen molar-refractivity contribution in [2.75, 3.05) is 49.7 Å². The molecule has 1 amide bonds. The molecule has 0 radical (unpaired) electrons. The number of para-hydroxylation sites is 2. The second-order valence-corrected chi connectivity index (χ2v) is 6.62. The number of hydrogen-bond donors (Lipinski definition) is 1. The quantitative estimate of drug-likeness (QED) is 0.866. The highest BCUT2D eigenvalue weighted by Gasteiger charge is 2.19. The van der Waals surface area contributed by atoms with Crippen molar-refractivity contribution in [3.8, 4) is 0 Å². The van der Waals surface area contributed by atoms with E-state index in [-0.39, 0.29) is 5.91 Å². The number of rotatable bonds is 4. The molecule has 126 valence electrons. The molecule has 3 rings (SSSR count). The smallest absolute Gasteiger partial charge is 0.258 e. The zero-order valence-electron chi connectivity index (χ0n) is 14.0. The van der Waals surface area contributed by atoms with Gasteiger partial charge in [-0.1, -0.05) is 12.1 Å². The van der Waals surface area contributed by atoms with Gasteiger partial charge in [0.05, 0.1) is 16.9 Å². The normalized spacial score (nSPS) is 15.3. The Balaban J connectivity index is 1.81. The van der Waals surface area contributed by atoms with E-state index in [0.717, 1.165) is 42.6 Å². The third kappa shape index (κ3) is 3.71. The van der Waals surface area contributed by atoms with E-state index in [9.17, 15) is 4.79 Å². The molecular formula is C18H22N4OS. The molecule has 0 unspecified atom stereocenters. The lowest BCUT2D eigenvalue weighted by Gasteiger charge is -2.35. The first-order chi connectivity index (χ1) is 11.7. The standard InChI is InChI=1S/C18H22N4OS/c1-21-10-12-22(13-11-21)16-8-4-3-7-15(16)20-17(23)14-6-5-9-19-18(14)24-2/h3-9H,10-13H2,1-2H3,(H,20,23). The number of aromatic nitrogens is 1. The number of amides is 1. The number of nitrogens with one attached hydrogen (secondary N) is 1. The van der Waals surface area contributed by atoms with Crippen LogP contribution in [0.15, 0.2) is 47.6 Å². The molecule has 0 aliphatic carbocycles. The Bertz CT molecular complexity index is 714. The van der Waals surface area contributed by atoms with Crippen molar-refractivity contribution in [3.05, 3.63) is 48.2 Å². The SMILES string of the molecule is CSc1ncccc1C(=O)Nc1ccccc1N1CCN(C)CC1. The largest absolute Gasteiger partial charge is 0.367 e. The Morgan fingerprint density at radius 2 is 1.88 bits per heavy atom. The number of carbonyl (C=O) groups excluding carboxylic acids is 1. The molecule has 1 saturated heterocycles. The number of piperazine rings is 1. The maximum absolute atomic E-state index is 12.7. The molecule has 1 fully saturated rings. The van der Waals surface area contributed by atoms with Crippen LogP contribution in [-0.2, 0) is 0 Å². The molecule has 24 heavy (non-hydrogen) atoms. The minimum Gasteiger partial charge on any atom is -0.367 e. The monoisotopic (exact) mass is 342 g/mol. The van der Waals surface area contributed by atoms with Gasteiger partial charge in [0, 0.05) is 32.4 Å². The van der Waals surface area contributed by atoms with Crippen LogP contribution >= 0.6 is 11.8 Å². The number of thioether (sulfide) groups is 1. The average Bonchev–Trinajstić information content (AvgIpc) is 2.63. The fourth-order valence-electron chi connectivity index (χ4n) is 2.82. The van der Waals surface area contributed by atoms with Crippen molar-refractivity contribution in [2.24, 2.45) is 0 Å². The minimum absolute atomic E-state index is 0.117. The van der Waals surface area contributed by atoms with Crippen molar-refractivity contribution in [2.45, 2.75) is 5.03 Å². The van der Waals surface area contributed by atoms with E-state index in [0.29, 0.717) is 5.56 Å². The number of hydrogen-bond acceptors (Lipinski definition) is 5. The molecule has 5 nitrogen and oxygen atoms in total. The Morgan fingerprint density at radius 1 is 1.12 bits per heavy atom. The van der Waals surface area contributed by atoms with Crippen LogP contribution in [0.5, 0.6) is 0 Å². The zero-order valence-corrected chi connectivity index (χ0v) is 14.8. The highest BCUT2D eigenvalue weighted by atomic mass is 32.2. The van der Waals surface area contributed by atoms with Crippen LogP contribution in [0.3, 0.4) is 0 Å². The van der Waals surface area contributed by atoms with Crippen LogP contribution in [0.4, 0.5) is 11.4 Å². The number of carbonyl (C=O) groups is 1. The lowest BCUT2D eigenvalue weighted by Crippen LogP contribution is -2.44. The van der Waals surface area contributed by atoms with Gasteiger partial charge in [0.1, 0.15) is 5.03 Å². The van der Waals surface area contributed by atoms with Crippen LogP contribution in [-0.4, -0.2) is 55.3 Å². The van der Waals surface area contributed by atoms with Crippen LogP contribution < -0.4 is 10.2 Å². The predicted molar refractivity (Wildman–Crippen MR) is 100 cm³/mol. The van der Waals surface area contributed by atoms with Gasteiger partial charge in [-0.3, -0.25) is 4.79 Å². The van der Waals surface area contributed by atoms with E-state index in [1.54, 1.807) is 12.3 Å². The van der Waals surface area contributed by atoms with E-state index in [4.69, 9.17) is 0 Å². The first kappa shape index (κ1) is 16.8. The zero-order chi connectivity index (χ0) is 16.9. The van der Waals surface area contributed by atoms with Gasteiger partial charge in [0.2, 0.25) is 0 Å². The number of nitrogens with zero attached hydrogens (tertiary/aromatic N) is 3. The summed E-state index contributed by atoms with van der Waals surface area (Å²) in [6.07, 6.45) is 3.64. The lowest BCUT2D eigenvalue weighted by molar-refractivity contribution is 0.102. The highest BCUT2D eigenvalue weighted by Crippen LogP contribution is 2.27. The van der Waals surface area contributed by atoms with Crippen LogP contribution in [0.2, 0.25) is 0 Å². The summed E-state index contributed by atoms with van der Waals surface area (Å²) in [5, 5.41) is 3.81. The highest BCUT2D eigenvalue weighted by molar-refractivity contribution is 7.98. The molecule has 0 bridgehead atoms. The second kappa shape index (κ2) is 7.68. The topological polar surface area (TPSA) is 48.5 Å². The van der Waals surface area contributed by atoms with E-state index in [2.05, 4.69) is 33.2 Å². The maximum atomic E-state index is 12.7. The molecule has 1 aliphatic heterocycles. The number of likely N-dealkylation sites (N-methyl/N-ethyl adjacent to an activating group) is 1. The summed E-state index contributed by atoms with van der Waals surface area (Å²) in [5.74, 6) is -0.117. The first-order valence-corrected chi connectivity index (χ1v) is 9.24. The molecule has 1 aromatic carbocycles. The van der Waals surface area contributed by atoms with Gasteiger partial charge >= 0.3 is 0 Å².